The number of rotatable bonds is 9. The average Bonchev–Trinajstić information content (AvgIpc) is 3.86. The average molecular weight is 758 g/mol. The molecule has 1 aliphatic carbocycles. The summed E-state index contributed by atoms with van der Waals surface area (Å²) in [6.07, 6.45) is 7.60. The number of hydrogen-bond acceptors (Lipinski definition) is 9. The lowest BCUT2D eigenvalue weighted by Gasteiger charge is -2.40. The van der Waals surface area contributed by atoms with E-state index in [0.29, 0.717) is 35.2 Å². The monoisotopic (exact) mass is 757 g/mol. The molecule has 55 heavy (non-hydrogen) atoms. The first-order valence-corrected chi connectivity index (χ1v) is 18.9. The summed E-state index contributed by atoms with van der Waals surface area (Å²) in [7, 11) is 3.91. The van der Waals surface area contributed by atoms with Gasteiger partial charge in [0.15, 0.2) is 11.3 Å². The topological polar surface area (TPSA) is 157 Å². The lowest BCUT2D eigenvalue weighted by atomic mass is 9.85. The maximum absolute atomic E-state index is 14.1. The van der Waals surface area contributed by atoms with Crippen LogP contribution >= 0.6 is 0 Å². The quantitative estimate of drug-likeness (QED) is 0.208. The van der Waals surface area contributed by atoms with Crippen LogP contribution in [0.2, 0.25) is 0 Å². The number of nitrogens with zero attached hydrogens (tertiary/aromatic N) is 9. The van der Waals surface area contributed by atoms with Crippen LogP contribution in [0.1, 0.15) is 91.6 Å². The Morgan fingerprint density at radius 2 is 1.82 bits per heavy atom. The number of carbonyl (C=O) groups excluding carboxylic acids is 3. The number of nitrogens with one attached hydrogen (secondary N) is 2. The van der Waals surface area contributed by atoms with Gasteiger partial charge in [0, 0.05) is 57.2 Å². The minimum atomic E-state index is -2.85. The number of carbonyl (C=O) groups is 3. The van der Waals surface area contributed by atoms with Crippen molar-refractivity contribution in [3.05, 3.63) is 70.3 Å². The van der Waals surface area contributed by atoms with Crippen molar-refractivity contribution in [3.8, 4) is 0 Å². The van der Waals surface area contributed by atoms with Crippen molar-refractivity contribution in [1.82, 2.24) is 43.7 Å². The van der Waals surface area contributed by atoms with Crippen LogP contribution in [0.15, 0.2) is 47.7 Å². The van der Waals surface area contributed by atoms with Gasteiger partial charge in [-0.1, -0.05) is 6.07 Å². The van der Waals surface area contributed by atoms with Gasteiger partial charge < -0.3 is 15.1 Å². The third-order valence-electron chi connectivity index (χ3n) is 11.7. The number of benzene rings is 1. The molecule has 2 aliphatic heterocycles. The molecule has 3 amide bonds. The van der Waals surface area contributed by atoms with Gasteiger partial charge in [-0.3, -0.25) is 33.5 Å². The minimum Gasteiger partial charge on any atom is -0.370 e. The van der Waals surface area contributed by atoms with Gasteiger partial charge in [0.2, 0.25) is 11.8 Å². The van der Waals surface area contributed by atoms with Crippen LogP contribution in [-0.4, -0.2) is 88.9 Å². The molecule has 0 spiro atoms. The lowest BCUT2D eigenvalue weighted by molar-refractivity contribution is -0.135. The van der Waals surface area contributed by atoms with Gasteiger partial charge >= 0.3 is 5.69 Å². The maximum Gasteiger partial charge on any atom is 0.329 e. The second kappa shape index (κ2) is 14.7. The fourth-order valence-electron chi connectivity index (χ4n) is 8.76. The van der Waals surface area contributed by atoms with Crippen LogP contribution in [0.5, 0.6) is 0 Å². The second-order valence-corrected chi connectivity index (χ2v) is 15.2. The molecule has 290 valence electrons. The first-order valence-electron chi connectivity index (χ1n) is 18.9. The number of alkyl halides is 2. The molecule has 5 aromatic rings. The summed E-state index contributed by atoms with van der Waals surface area (Å²) in [6.45, 7) is 4.37. The number of imide groups is 1. The zero-order valence-electron chi connectivity index (χ0n) is 31.1. The predicted octanol–water partition coefficient (Wildman–Crippen LogP) is 4.39. The van der Waals surface area contributed by atoms with Crippen LogP contribution in [0.25, 0.3) is 16.7 Å². The van der Waals surface area contributed by atoms with E-state index in [1.807, 2.05) is 18.2 Å². The van der Waals surface area contributed by atoms with E-state index in [1.54, 1.807) is 35.5 Å². The summed E-state index contributed by atoms with van der Waals surface area (Å²) in [5, 5.41) is 13.4. The molecule has 3 aliphatic rings. The molecule has 3 fully saturated rings. The van der Waals surface area contributed by atoms with Crippen LogP contribution < -0.4 is 21.2 Å². The number of aryl methyl sites for hydroxylation is 2. The van der Waals surface area contributed by atoms with Crippen molar-refractivity contribution in [3.63, 3.8) is 0 Å². The number of aromatic nitrogens is 7. The molecule has 6 heterocycles. The Kier molecular flexibility index (Phi) is 9.73. The van der Waals surface area contributed by atoms with Gasteiger partial charge in [-0.05, 0) is 83.0 Å². The first kappa shape index (κ1) is 36.5. The third-order valence-corrected chi connectivity index (χ3v) is 11.7. The molecule has 0 bridgehead atoms. The number of imidazole rings is 1. The fourth-order valence-corrected chi connectivity index (χ4v) is 8.76. The maximum atomic E-state index is 14.1. The molecule has 1 atom stereocenters. The Morgan fingerprint density at radius 1 is 1.05 bits per heavy atom. The normalized spacial score (nSPS) is 21.3. The molecule has 1 unspecified atom stereocenters. The SMILES string of the molecule is Cc1ccn2ncc(C(=O)Nc3cn(C4CCC(CN(C)C5CCN(c6cccc7c6n(C)c(=O)n7C6CCC(=O)NC6=O)CC5)CC4)nc3C(F)F)c2n1. The molecule has 2 saturated heterocycles. The fraction of sp³-hybridized carbons (Fsp3) is 0.500. The van der Waals surface area contributed by atoms with Gasteiger partial charge in [-0.25, -0.2) is 23.1 Å². The van der Waals surface area contributed by atoms with Crippen molar-refractivity contribution in [2.75, 3.05) is 36.9 Å². The van der Waals surface area contributed by atoms with E-state index in [2.05, 4.69) is 42.7 Å². The molecular weight excluding hydrogens is 712 g/mol. The van der Waals surface area contributed by atoms with Crippen molar-refractivity contribution >= 4 is 45.8 Å². The van der Waals surface area contributed by atoms with Gasteiger partial charge in [0.25, 0.3) is 12.3 Å². The van der Waals surface area contributed by atoms with Gasteiger partial charge in [-0.15, -0.1) is 0 Å². The van der Waals surface area contributed by atoms with E-state index < -0.39 is 30.0 Å². The molecule has 1 saturated carbocycles. The predicted molar refractivity (Wildman–Crippen MR) is 200 cm³/mol. The van der Waals surface area contributed by atoms with E-state index in [1.165, 1.54) is 21.5 Å². The summed E-state index contributed by atoms with van der Waals surface area (Å²) in [6, 6.07) is 7.20. The largest absolute Gasteiger partial charge is 0.370 e. The molecule has 1 aromatic carbocycles. The molecule has 17 heteroatoms. The highest BCUT2D eigenvalue weighted by Crippen LogP contribution is 2.37. The second-order valence-electron chi connectivity index (χ2n) is 15.2. The highest BCUT2D eigenvalue weighted by molar-refractivity contribution is 6.08. The standard InChI is InChI=1S/C38H45F2N11O4/c1-22-13-18-49-35(42-22)26(19-41-49)36(53)43-27-21-50(45-32(27)34(39)40)25-9-7-23(8-10-25)20-46(2)24-14-16-48(17-15-24)28-5-4-6-29-33(28)47(3)38(55)51(29)30-11-12-31(52)44-37(30)54/h4-6,13,18-19,21,23-25,30,34H,7-12,14-17,20H2,1-3H3,(H,43,53)(H,44,52,54). The highest BCUT2D eigenvalue weighted by atomic mass is 19.3. The van der Waals surface area contributed by atoms with E-state index in [-0.39, 0.29) is 35.3 Å². The van der Waals surface area contributed by atoms with Gasteiger partial charge in [-0.2, -0.15) is 10.2 Å². The molecule has 8 rings (SSSR count). The number of anilines is 2. The van der Waals surface area contributed by atoms with Crippen molar-refractivity contribution in [2.45, 2.75) is 82.8 Å². The van der Waals surface area contributed by atoms with Crippen molar-refractivity contribution in [1.29, 1.82) is 0 Å². The number of hydrogen-bond donors (Lipinski definition) is 2. The number of piperidine rings is 2. The number of amides is 3. The van der Waals surface area contributed by atoms with Gasteiger partial charge in [0.05, 0.1) is 34.6 Å². The Bertz CT molecular complexity index is 2330. The van der Waals surface area contributed by atoms with Crippen LogP contribution in [0, 0.1) is 12.8 Å². The first-order chi connectivity index (χ1) is 26.5. The van der Waals surface area contributed by atoms with Gasteiger partial charge in [0.1, 0.15) is 11.6 Å². The summed E-state index contributed by atoms with van der Waals surface area (Å²) in [5.74, 6) is -0.869. The van der Waals surface area contributed by atoms with Crippen molar-refractivity contribution in [2.24, 2.45) is 13.0 Å². The molecule has 2 N–H and O–H groups in total. The summed E-state index contributed by atoms with van der Waals surface area (Å²) >= 11 is 0. The highest BCUT2D eigenvalue weighted by Gasteiger charge is 2.34. The Labute approximate surface area is 315 Å². The molecule has 0 radical (unpaired) electrons. The number of fused-ring (bicyclic) bond motifs is 2. The zero-order valence-corrected chi connectivity index (χ0v) is 31.1. The Balaban J connectivity index is 0.869. The van der Waals surface area contributed by atoms with Crippen LogP contribution in [0.4, 0.5) is 20.2 Å². The Hall–Kier alpha value is -5.45. The third kappa shape index (κ3) is 6.89. The summed E-state index contributed by atoms with van der Waals surface area (Å²) in [4.78, 5) is 60.2. The van der Waals surface area contributed by atoms with E-state index in [4.69, 9.17) is 0 Å². The lowest BCUT2D eigenvalue weighted by Crippen LogP contribution is -2.45. The smallest absolute Gasteiger partial charge is 0.329 e. The van der Waals surface area contributed by atoms with E-state index in [0.717, 1.165) is 69.4 Å². The minimum absolute atomic E-state index is 0.00875. The molecule has 4 aromatic heterocycles. The Morgan fingerprint density at radius 3 is 2.55 bits per heavy atom. The number of para-hydroxylation sites is 1. The van der Waals surface area contributed by atoms with E-state index in [9.17, 15) is 28.0 Å². The molecule has 15 nitrogen and oxygen atoms in total. The molecular formula is C38H45F2N11O4. The summed E-state index contributed by atoms with van der Waals surface area (Å²) in [5.41, 5.74) is 2.94. The van der Waals surface area contributed by atoms with Crippen molar-refractivity contribution < 1.29 is 23.2 Å². The van der Waals surface area contributed by atoms with E-state index >= 15 is 0 Å². The zero-order chi connectivity index (χ0) is 38.5. The number of halogens is 2. The van der Waals surface area contributed by atoms with Crippen LogP contribution in [-0.2, 0) is 16.6 Å². The summed E-state index contributed by atoms with van der Waals surface area (Å²) < 4.78 is 34.4. The van der Waals surface area contributed by atoms with Crippen LogP contribution in [0.3, 0.4) is 0 Å².